The summed E-state index contributed by atoms with van der Waals surface area (Å²) in [7, 11) is 0. The van der Waals surface area contributed by atoms with E-state index < -0.39 is 0 Å². The second-order valence-electron chi connectivity index (χ2n) is 3.31. The smallest absolute Gasteiger partial charge is 0.0379 e. The summed E-state index contributed by atoms with van der Waals surface area (Å²) in [5.41, 5.74) is 0. The fourth-order valence-electron chi connectivity index (χ4n) is 1.75. The van der Waals surface area contributed by atoms with Gasteiger partial charge >= 0.3 is 0 Å². The largest absolute Gasteiger partial charge is 0.299 e. The summed E-state index contributed by atoms with van der Waals surface area (Å²) in [5, 5.41) is 0. The number of alkyl halides is 1. The van der Waals surface area contributed by atoms with Gasteiger partial charge in [-0.1, -0.05) is 13.3 Å². The van der Waals surface area contributed by atoms with Crippen molar-refractivity contribution in [3.63, 3.8) is 0 Å². The molecule has 0 aromatic carbocycles. The lowest BCUT2D eigenvalue weighted by Gasteiger charge is -2.32. The molecule has 66 valence electrons. The van der Waals surface area contributed by atoms with E-state index in [9.17, 15) is 0 Å². The van der Waals surface area contributed by atoms with Crippen LogP contribution in [0.2, 0.25) is 0 Å². The van der Waals surface area contributed by atoms with Crippen molar-refractivity contribution in [3.8, 4) is 0 Å². The van der Waals surface area contributed by atoms with Crippen LogP contribution in [0.15, 0.2) is 0 Å². The number of halogens is 1. The van der Waals surface area contributed by atoms with Gasteiger partial charge in [0.2, 0.25) is 0 Å². The van der Waals surface area contributed by atoms with Gasteiger partial charge < -0.3 is 0 Å². The monoisotopic (exact) mass is 175 g/mol. The molecule has 0 aromatic heterocycles. The maximum absolute atomic E-state index is 5.86. The van der Waals surface area contributed by atoms with Gasteiger partial charge in [0.25, 0.3) is 0 Å². The lowest BCUT2D eigenvalue weighted by Crippen LogP contribution is -2.39. The Hall–Kier alpha value is 0.250. The molecule has 1 aliphatic heterocycles. The molecule has 0 amide bonds. The van der Waals surface area contributed by atoms with Crippen LogP contribution in [0.25, 0.3) is 0 Å². The second kappa shape index (κ2) is 5.00. The number of rotatable bonds is 3. The number of piperidine rings is 1. The van der Waals surface area contributed by atoms with Gasteiger partial charge in [0.1, 0.15) is 0 Å². The van der Waals surface area contributed by atoms with Crippen LogP contribution in [0.3, 0.4) is 0 Å². The normalized spacial score (nSPS) is 23.5. The molecule has 1 saturated heterocycles. The number of hydrogen-bond acceptors (Lipinski definition) is 1. The van der Waals surface area contributed by atoms with E-state index in [1.54, 1.807) is 0 Å². The van der Waals surface area contributed by atoms with E-state index in [4.69, 9.17) is 11.6 Å². The van der Waals surface area contributed by atoms with Crippen molar-refractivity contribution in [1.29, 1.82) is 0 Å². The Morgan fingerprint density at radius 1 is 1.27 bits per heavy atom. The van der Waals surface area contributed by atoms with Crippen LogP contribution in [0, 0.1) is 0 Å². The maximum Gasteiger partial charge on any atom is 0.0379 e. The van der Waals surface area contributed by atoms with Gasteiger partial charge in [0, 0.05) is 11.9 Å². The van der Waals surface area contributed by atoms with Crippen molar-refractivity contribution in [1.82, 2.24) is 4.90 Å². The van der Waals surface area contributed by atoms with Gasteiger partial charge in [0.15, 0.2) is 0 Å². The van der Waals surface area contributed by atoms with Gasteiger partial charge in [0.05, 0.1) is 0 Å². The Balaban J connectivity index is 2.30. The minimum absolute atomic E-state index is 0.636. The molecule has 11 heavy (non-hydrogen) atoms. The molecule has 1 fully saturated rings. The van der Waals surface area contributed by atoms with Crippen LogP contribution in [0.5, 0.6) is 0 Å². The molecular formula is C9H18ClN. The van der Waals surface area contributed by atoms with Crippen LogP contribution < -0.4 is 0 Å². The minimum atomic E-state index is 0.636. The highest BCUT2D eigenvalue weighted by molar-refractivity contribution is 6.18. The summed E-state index contributed by atoms with van der Waals surface area (Å²) in [6, 6.07) is 0.636. The highest BCUT2D eigenvalue weighted by Crippen LogP contribution is 2.14. The summed E-state index contributed by atoms with van der Waals surface area (Å²) in [6.45, 7) is 4.76. The number of likely N-dealkylation sites (tertiary alicyclic amines) is 1. The van der Waals surface area contributed by atoms with Crippen molar-refractivity contribution in [2.24, 2.45) is 0 Å². The molecule has 1 rings (SSSR count). The summed E-state index contributed by atoms with van der Waals surface area (Å²) < 4.78 is 0. The van der Waals surface area contributed by atoms with Crippen molar-refractivity contribution in [3.05, 3.63) is 0 Å². The molecule has 0 spiro atoms. The zero-order chi connectivity index (χ0) is 8.10. The van der Waals surface area contributed by atoms with Crippen molar-refractivity contribution in [2.75, 3.05) is 19.0 Å². The van der Waals surface area contributed by atoms with E-state index in [1.165, 1.54) is 38.8 Å². The zero-order valence-corrected chi connectivity index (χ0v) is 8.11. The molecular weight excluding hydrogens is 158 g/mol. The van der Waals surface area contributed by atoms with Crippen molar-refractivity contribution >= 4 is 11.6 Å². The van der Waals surface area contributed by atoms with Gasteiger partial charge in [-0.15, -0.1) is 11.6 Å². The van der Waals surface area contributed by atoms with Crippen molar-refractivity contribution < 1.29 is 0 Å². The Labute approximate surface area is 74.7 Å². The molecule has 0 aromatic rings. The lowest BCUT2D eigenvalue weighted by atomic mass is 10.1. The summed E-state index contributed by atoms with van der Waals surface area (Å²) in [6.07, 6.45) is 5.35. The summed E-state index contributed by atoms with van der Waals surface area (Å²) in [4.78, 5) is 2.54. The Morgan fingerprint density at radius 2 is 1.91 bits per heavy atom. The quantitative estimate of drug-likeness (QED) is 0.596. The standard InChI is InChI=1S/C9H18ClN/c1-2-9(8-10)11-6-4-3-5-7-11/h9H,2-8H2,1H3. The third-order valence-corrected chi connectivity index (χ3v) is 2.91. The van der Waals surface area contributed by atoms with Gasteiger partial charge in [-0.25, -0.2) is 0 Å². The van der Waals surface area contributed by atoms with Gasteiger partial charge in [-0.3, -0.25) is 4.90 Å². The highest BCUT2D eigenvalue weighted by Gasteiger charge is 2.17. The summed E-state index contributed by atoms with van der Waals surface area (Å²) >= 11 is 5.86. The number of hydrogen-bond donors (Lipinski definition) is 0. The molecule has 1 heterocycles. The topological polar surface area (TPSA) is 3.24 Å². The Morgan fingerprint density at radius 3 is 2.36 bits per heavy atom. The fourth-order valence-corrected chi connectivity index (χ4v) is 2.16. The SMILES string of the molecule is CCC(CCl)N1CCCCC1. The first-order valence-electron chi connectivity index (χ1n) is 4.68. The molecule has 1 atom stereocenters. The molecule has 0 radical (unpaired) electrons. The van der Waals surface area contributed by atoms with Gasteiger partial charge in [-0.05, 0) is 32.4 Å². The highest BCUT2D eigenvalue weighted by atomic mass is 35.5. The molecule has 2 heteroatoms. The third kappa shape index (κ3) is 2.64. The average molecular weight is 176 g/mol. The molecule has 0 bridgehead atoms. The number of nitrogens with zero attached hydrogens (tertiary/aromatic N) is 1. The summed E-state index contributed by atoms with van der Waals surface area (Å²) in [5.74, 6) is 0.802. The molecule has 1 aliphatic rings. The molecule has 1 unspecified atom stereocenters. The first kappa shape index (κ1) is 9.34. The Kier molecular flexibility index (Phi) is 4.24. The van der Waals surface area contributed by atoms with E-state index in [0.29, 0.717) is 6.04 Å². The van der Waals surface area contributed by atoms with E-state index in [2.05, 4.69) is 11.8 Å². The third-order valence-electron chi connectivity index (χ3n) is 2.56. The van der Waals surface area contributed by atoms with E-state index >= 15 is 0 Å². The predicted octanol–water partition coefficient (Wildman–Crippen LogP) is 2.49. The van der Waals surface area contributed by atoms with Crippen LogP contribution in [0.1, 0.15) is 32.6 Å². The lowest BCUT2D eigenvalue weighted by molar-refractivity contribution is 0.172. The second-order valence-corrected chi connectivity index (χ2v) is 3.62. The van der Waals surface area contributed by atoms with Crippen LogP contribution in [-0.2, 0) is 0 Å². The molecule has 0 N–H and O–H groups in total. The van der Waals surface area contributed by atoms with Crippen LogP contribution in [-0.4, -0.2) is 29.9 Å². The first-order chi connectivity index (χ1) is 5.38. The van der Waals surface area contributed by atoms with E-state index in [0.717, 1.165) is 5.88 Å². The first-order valence-corrected chi connectivity index (χ1v) is 5.22. The average Bonchev–Trinajstić information content (AvgIpc) is 2.09. The van der Waals surface area contributed by atoms with Crippen LogP contribution >= 0.6 is 11.6 Å². The van der Waals surface area contributed by atoms with E-state index in [1.807, 2.05) is 0 Å². The minimum Gasteiger partial charge on any atom is -0.299 e. The fraction of sp³-hybridized carbons (Fsp3) is 1.00. The maximum atomic E-state index is 5.86. The van der Waals surface area contributed by atoms with E-state index in [-0.39, 0.29) is 0 Å². The Bertz CT molecular complexity index is 95.7. The molecule has 0 aliphatic carbocycles. The van der Waals surface area contributed by atoms with Crippen LogP contribution in [0.4, 0.5) is 0 Å². The predicted molar refractivity (Wildman–Crippen MR) is 50.2 cm³/mol. The molecule has 1 nitrogen and oxygen atoms in total. The van der Waals surface area contributed by atoms with Crippen molar-refractivity contribution in [2.45, 2.75) is 38.6 Å². The molecule has 0 saturated carbocycles. The zero-order valence-electron chi connectivity index (χ0n) is 7.35. The van der Waals surface area contributed by atoms with Gasteiger partial charge in [-0.2, -0.15) is 0 Å².